The van der Waals surface area contributed by atoms with Crippen LogP contribution in [0.15, 0.2) is 42.5 Å². The number of piperazine rings is 1. The summed E-state index contributed by atoms with van der Waals surface area (Å²) in [7, 11) is 0. The van der Waals surface area contributed by atoms with Crippen molar-refractivity contribution in [3.63, 3.8) is 0 Å². The zero-order chi connectivity index (χ0) is 23.1. The molecular weight excluding hydrogens is 441 g/mol. The fourth-order valence-electron chi connectivity index (χ4n) is 3.78. The molecule has 2 aromatic carbocycles. The minimum absolute atomic E-state index is 0.0314. The maximum Gasteiger partial charge on any atom is 0.416 e. The number of alkyl halides is 3. The lowest BCUT2D eigenvalue weighted by Gasteiger charge is -2.36. The number of hydrogen-bond donors (Lipinski definition) is 0. The SMILES string of the molecule is Cc1ccc(CCCCOCC(=O)N2CCN(c3ccc(Cl)cc3)CC2)cc1C(F)(F)F. The number of anilines is 1. The quantitative estimate of drug-likeness (QED) is 0.489. The molecule has 1 fully saturated rings. The van der Waals surface area contributed by atoms with E-state index in [2.05, 4.69) is 4.90 Å². The lowest BCUT2D eigenvalue weighted by molar-refractivity contribution is -0.138. The highest BCUT2D eigenvalue weighted by molar-refractivity contribution is 6.30. The van der Waals surface area contributed by atoms with Gasteiger partial charge >= 0.3 is 6.18 Å². The van der Waals surface area contributed by atoms with Crippen molar-refractivity contribution in [3.05, 3.63) is 64.2 Å². The third-order valence-electron chi connectivity index (χ3n) is 5.66. The van der Waals surface area contributed by atoms with Crippen molar-refractivity contribution >= 4 is 23.2 Å². The highest BCUT2D eigenvalue weighted by Crippen LogP contribution is 2.32. The molecule has 1 aliphatic rings. The van der Waals surface area contributed by atoms with E-state index >= 15 is 0 Å². The molecule has 0 saturated carbocycles. The average Bonchev–Trinajstić information content (AvgIpc) is 2.77. The maximum absolute atomic E-state index is 13.0. The molecule has 0 radical (unpaired) electrons. The summed E-state index contributed by atoms with van der Waals surface area (Å²) in [6.45, 7) is 4.69. The molecule has 0 unspecified atom stereocenters. The summed E-state index contributed by atoms with van der Waals surface area (Å²) in [5, 5.41) is 0.699. The van der Waals surface area contributed by atoms with Crippen LogP contribution in [0.1, 0.15) is 29.5 Å². The summed E-state index contributed by atoms with van der Waals surface area (Å²) < 4.78 is 44.5. The molecule has 1 saturated heterocycles. The zero-order valence-electron chi connectivity index (χ0n) is 18.1. The Bertz CT molecular complexity index is 895. The van der Waals surface area contributed by atoms with Crippen LogP contribution < -0.4 is 4.90 Å². The van der Waals surface area contributed by atoms with Gasteiger partial charge in [0, 0.05) is 43.5 Å². The molecule has 0 spiro atoms. The number of benzene rings is 2. The minimum Gasteiger partial charge on any atom is -0.372 e. The Morgan fingerprint density at radius 3 is 2.38 bits per heavy atom. The van der Waals surface area contributed by atoms with Crippen LogP contribution in [0.2, 0.25) is 5.02 Å². The van der Waals surface area contributed by atoms with Crippen molar-refractivity contribution in [3.8, 4) is 0 Å². The van der Waals surface area contributed by atoms with Crippen molar-refractivity contribution < 1.29 is 22.7 Å². The second-order valence-electron chi connectivity index (χ2n) is 8.00. The van der Waals surface area contributed by atoms with Crippen LogP contribution in [-0.4, -0.2) is 50.2 Å². The van der Waals surface area contributed by atoms with Crippen LogP contribution in [0, 0.1) is 6.92 Å². The summed E-state index contributed by atoms with van der Waals surface area (Å²) in [4.78, 5) is 16.4. The number of carbonyl (C=O) groups is 1. The summed E-state index contributed by atoms with van der Waals surface area (Å²) in [5.41, 5.74) is 1.41. The minimum atomic E-state index is -4.33. The van der Waals surface area contributed by atoms with Crippen molar-refractivity contribution in [1.29, 1.82) is 0 Å². The predicted octanol–water partition coefficient (Wildman–Crippen LogP) is 5.36. The van der Waals surface area contributed by atoms with E-state index in [0.717, 1.165) is 18.8 Å². The molecule has 2 aromatic rings. The van der Waals surface area contributed by atoms with E-state index in [4.69, 9.17) is 16.3 Å². The Kier molecular flexibility index (Phi) is 8.43. The van der Waals surface area contributed by atoms with Gasteiger partial charge in [-0.25, -0.2) is 0 Å². The van der Waals surface area contributed by atoms with Crippen molar-refractivity contribution in [2.24, 2.45) is 0 Å². The monoisotopic (exact) mass is 468 g/mol. The zero-order valence-corrected chi connectivity index (χ0v) is 18.9. The van der Waals surface area contributed by atoms with Gasteiger partial charge in [-0.2, -0.15) is 13.2 Å². The number of hydrogen-bond acceptors (Lipinski definition) is 3. The van der Waals surface area contributed by atoms with E-state index in [1.807, 2.05) is 24.3 Å². The van der Waals surface area contributed by atoms with E-state index in [0.29, 0.717) is 49.5 Å². The molecule has 32 heavy (non-hydrogen) atoms. The molecule has 1 amide bonds. The number of halogens is 4. The smallest absolute Gasteiger partial charge is 0.372 e. The fourth-order valence-corrected chi connectivity index (χ4v) is 3.91. The molecule has 174 valence electrons. The Labute approximate surface area is 191 Å². The standard InChI is InChI=1S/C24H28ClF3N2O2/c1-18-5-6-19(16-22(18)24(26,27)28)4-2-3-15-32-17-23(31)30-13-11-29(12-14-30)21-9-7-20(25)8-10-21/h5-10,16H,2-4,11-15,17H2,1H3. The molecule has 0 N–H and O–H groups in total. The van der Waals surface area contributed by atoms with Gasteiger partial charge in [-0.15, -0.1) is 0 Å². The van der Waals surface area contributed by atoms with E-state index < -0.39 is 11.7 Å². The number of amides is 1. The Morgan fingerprint density at radius 1 is 1.03 bits per heavy atom. The third-order valence-corrected chi connectivity index (χ3v) is 5.91. The predicted molar refractivity (Wildman–Crippen MR) is 120 cm³/mol. The van der Waals surface area contributed by atoms with Crippen molar-refractivity contribution in [2.45, 2.75) is 32.4 Å². The summed E-state index contributed by atoms with van der Waals surface area (Å²) >= 11 is 5.93. The number of nitrogens with zero attached hydrogens (tertiary/aromatic N) is 2. The Hall–Kier alpha value is -2.25. The molecule has 0 aliphatic carbocycles. The van der Waals surface area contributed by atoms with E-state index in [1.54, 1.807) is 11.0 Å². The lowest BCUT2D eigenvalue weighted by atomic mass is 10.0. The van der Waals surface area contributed by atoms with Gasteiger partial charge in [0.25, 0.3) is 0 Å². The first-order chi connectivity index (χ1) is 15.2. The van der Waals surface area contributed by atoms with E-state index in [1.165, 1.54) is 19.1 Å². The first kappa shape index (κ1) is 24.4. The molecule has 1 heterocycles. The van der Waals surface area contributed by atoms with Gasteiger partial charge in [0.05, 0.1) is 5.56 Å². The maximum atomic E-state index is 13.0. The number of ether oxygens (including phenoxy) is 1. The average molecular weight is 469 g/mol. The molecular formula is C24H28ClF3N2O2. The first-order valence-corrected chi connectivity index (χ1v) is 11.1. The molecule has 0 aromatic heterocycles. The van der Waals surface area contributed by atoms with E-state index in [-0.39, 0.29) is 18.1 Å². The van der Waals surface area contributed by atoms with Crippen LogP contribution in [0.25, 0.3) is 0 Å². The number of rotatable bonds is 8. The third kappa shape index (κ3) is 6.87. The van der Waals surface area contributed by atoms with Gasteiger partial charge in [-0.05, 0) is 67.6 Å². The molecule has 8 heteroatoms. The fraction of sp³-hybridized carbons (Fsp3) is 0.458. The van der Waals surface area contributed by atoms with Gasteiger partial charge in [0.2, 0.25) is 5.91 Å². The highest BCUT2D eigenvalue weighted by atomic mass is 35.5. The number of unbranched alkanes of at least 4 members (excludes halogenated alkanes) is 1. The first-order valence-electron chi connectivity index (χ1n) is 10.8. The number of carbonyl (C=O) groups excluding carboxylic acids is 1. The normalized spacial score (nSPS) is 14.7. The molecule has 3 rings (SSSR count). The van der Waals surface area contributed by atoms with Crippen LogP contribution >= 0.6 is 11.6 Å². The second-order valence-corrected chi connectivity index (χ2v) is 8.44. The molecule has 0 bridgehead atoms. The Balaban J connectivity index is 1.32. The van der Waals surface area contributed by atoms with Crippen molar-refractivity contribution in [1.82, 2.24) is 4.90 Å². The largest absolute Gasteiger partial charge is 0.416 e. The van der Waals surface area contributed by atoms with Crippen LogP contribution in [0.4, 0.5) is 18.9 Å². The molecule has 1 aliphatic heterocycles. The topological polar surface area (TPSA) is 32.8 Å². The summed E-state index contributed by atoms with van der Waals surface area (Å²) in [5.74, 6) is -0.0332. The van der Waals surface area contributed by atoms with Gasteiger partial charge in [-0.3, -0.25) is 4.79 Å². The van der Waals surface area contributed by atoms with Crippen molar-refractivity contribution in [2.75, 3.05) is 44.3 Å². The summed E-state index contributed by atoms with van der Waals surface area (Å²) in [6.07, 6.45) is -2.39. The van der Waals surface area contributed by atoms with Crippen LogP contribution in [-0.2, 0) is 22.1 Å². The highest BCUT2D eigenvalue weighted by Gasteiger charge is 2.32. The van der Waals surface area contributed by atoms with Crippen LogP contribution in [0.5, 0.6) is 0 Å². The van der Waals surface area contributed by atoms with Gasteiger partial charge in [-0.1, -0.05) is 23.7 Å². The van der Waals surface area contributed by atoms with Gasteiger partial charge in [0.15, 0.2) is 0 Å². The van der Waals surface area contributed by atoms with Gasteiger partial charge < -0.3 is 14.5 Å². The molecule has 0 atom stereocenters. The van der Waals surface area contributed by atoms with E-state index in [9.17, 15) is 18.0 Å². The number of aryl methyl sites for hydroxylation is 2. The lowest BCUT2D eigenvalue weighted by Crippen LogP contribution is -2.49. The Morgan fingerprint density at radius 2 is 1.72 bits per heavy atom. The van der Waals surface area contributed by atoms with Gasteiger partial charge in [0.1, 0.15) is 6.61 Å². The molecule has 4 nitrogen and oxygen atoms in total. The van der Waals surface area contributed by atoms with Crippen LogP contribution in [0.3, 0.4) is 0 Å². The second kappa shape index (κ2) is 11.1. The summed E-state index contributed by atoms with van der Waals surface area (Å²) in [6, 6.07) is 12.1.